The number of imide groups is 1. The number of halogens is 1. The summed E-state index contributed by atoms with van der Waals surface area (Å²) in [5.74, 6) is -1.41. The van der Waals surface area contributed by atoms with Gasteiger partial charge >= 0.3 is 6.03 Å². The molecular formula is C16H20FN3O3. The van der Waals surface area contributed by atoms with Crippen molar-refractivity contribution in [1.82, 2.24) is 10.6 Å². The van der Waals surface area contributed by atoms with Crippen LogP contribution in [0.1, 0.15) is 41.6 Å². The van der Waals surface area contributed by atoms with Crippen molar-refractivity contribution in [3.63, 3.8) is 0 Å². The van der Waals surface area contributed by atoms with Crippen LogP contribution in [0.2, 0.25) is 0 Å². The molecule has 0 aliphatic heterocycles. The van der Waals surface area contributed by atoms with Crippen LogP contribution < -0.4 is 16.4 Å². The van der Waals surface area contributed by atoms with E-state index in [0.717, 1.165) is 0 Å². The molecule has 23 heavy (non-hydrogen) atoms. The van der Waals surface area contributed by atoms with Gasteiger partial charge in [-0.15, -0.1) is 0 Å². The zero-order valence-corrected chi connectivity index (χ0v) is 12.9. The molecule has 0 aromatic heterocycles. The van der Waals surface area contributed by atoms with E-state index in [1.165, 1.54) is 12.1 Å². The molecule has 0 unspecified atom stereocenters. The summed E-state index contributed by atoms with van der Waals surface area (Å²) in [5, 5.41) is 4.95. The third-order valence-corrected chi connectivity index (χ3v) is 4.12. The van der Waals surface area contributed by atoms with Gasteiger partial charge in [0.15, 0.2) is 0 Å². The highest BCUT2D eigenvalue weighted by atomic mass is 19.1. The van der Waals surface area contributed by atoms with Crippen molar-refractivity contribution in [3.05, 3.63) is 35.1 Å². The third-order valence-electron chi connectivity index (χ3n) is 4.12. The lowest BCUT2D eigenvalue weighted by Crippen LogP contribution is -2.43. The van der Waals surface area contributed by atoms with Gasteiger partial charge in [-0.3, -0.25) is 14.9 Å². The Morgan fingerprint density at radius 3 is 2.43 bits per heavy atom. The van der Waals surface area contributed by atoms with Gasteiger partial charge < -0.3 is 11.1 Å². The van der Waals surface area contributed by atoms with Crippen LogP contribution in [0, 0.1) is 18.7 Å². The van der Waals surface area contributed by atoms with E-state index in [1.54, 1.807) is 13.0 Å². The molecule has 4 amide bonds. The lowest BCUT2D eigenvalue weighted by molar-refractivity contribution is -0.124. The molecule has 0 heterocycles. The molecule has 124 valence electrons. The zero-order valence-electron chi connectivity index (χ0n) is 12.9. The zero-order chi connectivity index (χ0) is 17.0. The van der Waals surface area contributed by atoms with Crippen molar-refractivity contribution in [1.29, 1.82) is 0 Å². The van der Waals surface area contributed by atoms with Crippen LogP contribution in [0.25, 0.3) is 0 Å². The summed E-state index contributed by atoms with van der Waals surface area (Å²) in [4.78, 5) is 34.6. The van der Waals surface area contributed by atoms with Crippen LogP contribution in [0.3, 0.4) is 0 Å². The normalized spacial score (nSPS) is 20.6. The predicted molar refractivity (Wildman–Crippen MR) is 82.1 cm³/mol. The molecule has 6 nitrogen and oxygen atoms in total. The number of hydrogen-bond acceptors (Lipinski definition) is 3. The first-order valence-electron chi connectivity index (χ1n) is 7.54. The van der Waals surface area contributed by atoms with Gasteiger partial charge in [0.1, 0.15) is 5.82 Å². The maximum Gasteiger partial charge on any atom is 0.318 e. The summed E-state index contributed by atoms with van der Waals surface area (Å²) in [6, 6.07) is 3.18. The van der Waals surface area contributed by atoms with Crippen molar-refractivity contribution in [2.75, 3.05) is 0 Å². The number of rotatable bonds is 3. The van der Waals surface area contributed by atoms with Gasteiger partial charge in [0.25, 0.3) is 5.91 Å². The Morgan fingerprint density at radius 2 is 1.83 bits per heavy atom. The average molecular weight is 321 g/mol. The first-order chi connectivity index (χ1) is 10.9. The molecule has 1 aromatic rings. The smallest absolute Gasteiger partial charge is 0.318 e. The fourth-order valence-electron chi connectivity index (χ4n) is 2.83. The number of carbonyl (C=O) groups excluding carboxylic acids is 3. The fourth-order valence-corrected chi connectivity index (χ4v) is 2.83. The summed E-state index contributed by atoms with van der Waals surface area (Å²) in [6.07, 6.45) is 2.37. The molecule has 0 spiro atoms. The minimum absolute atomic E-state index is 0.0669. The summed E-state index contributed by atoms with van der Waals surface area (Å²) >= 11 is 0. The van der Waals surface area contributed by atoms with Crippen LogP contribution in [0.4, 0.5) is 9.18 Å². The molecular weight excluding hydrogens is 301 g/mol. The lowest BCUT2D eigenvalue weighted by atomic mass is 9.85. The summed E-state index contributed by atoms with van der Waals surface area (Å²) in [7, 11) is 0. The van der Waals surface area contributed by atoms with Crippen molar-refractivity contribution < 1.29 is 18.8 Å². The quantitative estimate of drug-likeness (QED) is 0.788. The molecule has 0 atom stereocenters. The molecule has 2 rings (SSSR count). The maximum absolute atomic E-state index is 13.3. The minimum atomic E-state index is -0.855. The molecule has 1 fully saturated rings. The average Bonchev–Trinajstić information content (AvgIpc) is 2.49. The number of carbonyl (C=O) groups is 3. The standard InChI is InChI=1S/C16H20FN3O3/c1-9-2-5-11(17)8-13(9)15(22)19-12-6-3-10(4-7-12)14(21)20-16(18)23/h2,5,8,10,12H,3-4,6-7H2,1H3,(H,19,22)(H3,18,20,21,23). The first kappa shape index (κ1) is 16.9. The minimum Gasteiger partial charge on any atom is -0.351 e. The van der Waals surface area contributed by atoms with E-state index in [9.17, 15) is 18.8 Å². The van der Waals surface area contributed by atoms with E-state index in [1.807, 2.05) is 0 Å². The van der Waals surface area contributed by atoms with Crippen molar-refractivity contribution >= 4 is 17.8 Å². The second kappa shape index (κ2) is 7.21. The Kier molecular flexibility index (Phi) is 5.31. The number of benzene rings is 1. The first-order valence-corrected chi connectivity index (χ1v) is 7.54. The Labute approximate surface area is 133 Å². The second-order valence-corrected chi connectivity index (χ2v) is 5.83. The maximum atomic E-state index is 13.3. The van der Waals surface area contributed by atoms with E-state index in [-0.39, 0.29) is 23.8 Å². The molecule has 7 heteroatoms. The molecule has 1 saturated carbocycles. The highest BCUT2D eigenvalue weighted by Gasteiger charge is 2.28. The van der Waals surface area contributed by atoms with Crippen molar-refractivity contribution in [3.8, 4) is 0 Å². The van der Waals surface area contributed by atoms with Gasteiger partial charge in [-0.05, 0) is 50.3 Å². The monoisotopic (exact) mass is 321 g/mol. The molecule has 1 aromatic carbocycles. The van der Waals surface area contributed by atoms with Gasteiger partial charge in [0, 0.05) is 17.5 Å². The SMILES string of the molecule is Cc1ccc(F)cc1C(=O)NC1CCC(C(=O)NC(N)=O)CC1. The number of nitrogens with one attached hydrogen (secondary N) is 2. The van der Waals surface area contributed by atoms with Crippen LogP contribution >= 0.6 is 0 Å². The Bertz CT molecular complexity index is 625. The van der Waals surface area contributed by atoms with Crippen LogP contribution in [0.15, 0.2) is 18.2 Å². The molecule has 4 N–H and O–H groups in total. The Hall–Kier alpha value is -2.44. The van der Waals surface area contributed by atoms with Crippen LogP contribution in [-0.4, -0.2) is 23.9 Å². The van der Waals surface area contributed by atoms with Crippen molar-refractivity contribution in [2.24, 2.45) is 11.7 Å². The summed E-state index contributed by atoms with van der Waals surface area (Å²) < 4.78 is 13.3. The molecule has 1 aliphatic carbocycles. The Morgan fingerprint density at radius 1 is 1.17 bits per heavy atom. The third kappa shape index (κ3) is 4.51. The van der Waals surface area contributed by atoms with E-state index in [4.69, 9.17) is 5.73 Å². The number of hydrogen-bond donors (Lipinski definition) is 3. The molecule has 1 aliphatic rings. The number of aryl methyl sites for hydroxylation is 1. The van der Waals surface area contributed by atoms with E-state index in [0.29, 0.717) is 36.8 Å². The highest BCUT2D eigenvalue weighted by molar-refractivity contribution is 5.96. The largest absolute Gasteiger partial charge is 0.351 e. The van der Waals surface area contributed by atoms with E-state index in [2.05, 4.69) is 10.6 Å². The number of nitrogens with two attached hydrogens (primary N) is 1. The second-order valence-electron chi connectivity index (χ2n) is 5.83. The van der Waals surface area contributed by atoms with Gasteiger partial charge in [-0.2, -0.15) is 0 Å². The molecule has 0 saturated heterocycles. The van der Waals surface area contributed by atoms with E-state index >= 15 is 0 Å². The van der Waals surface area contributed by atoms with Crippen molar-refractivity contribution in [2.45, 2.75) is 38.6 Å². The Balaban J connectivity index is 1.89. The topological polar surface area (TPSA) is 101 Å². The van der Waals surface area contributed by atoms with Gasteiger partial charge in [0.05, 0.1) is 0 Å². The van der Waals surface area contributed by atoms with Gasteiger partial charge in [0.2, 0.25) is 5.91 Å². The molecule has 0 radical (unpaired) electrons. The molecule has 0 bridgehead atoms. The number of urea groups is 1. The summed E-state index contributed by atoms with van der Waals surface area (Å²) in [5.41, 5.74) is 5.95. The van der Waals surface area contributed by atoms with Gasteiger partial charge in [-0.25, -0.2) is 9.18 Å². The predicted octanol–water partition coefficient (Wildman–Crippen LogP) is 1.62. The lowest BCUT2D eigenvalue weighted by Gasteiger charge is -2.28. The van der Waals surface area contributed by atoms with Crippen LogP contribution in [-0.2, 0) is 4.79 Å². The number of primary amides is 1. The van der Waals surface area contributed by atoms with Gasteiger partial charge in [-0.1, -0.05) is 6.07 Å². The van der Waals surface area contributed by atoms with Crippen LogP contribution in [0.5, 0.6) is 0 Å². The number of amides is 4. The van der Waals surface area contributed by atoms with E-state index < -0.39 is 11.8 Å². The fraction of sp³-hybridized carbons (Fsp3) is 0.438. The summed E-state index contributed by atoms with van der Waals surface area (Å²) in [6.45, 7) is 1.75. The highest BCUT2D eigenvalue weighted by Crippen LogP contribution is 2.25.